The number of hydrogen-bond acceptors (Lipinski definition) is 5. The first-order valence-corrected chi connectivity index (χ1v) is 10.2. The number of nitrogens with zero attached hydrogens (tertiary/aromatic N) is 4. The second-order valence-corrected chi connectivity index (χ2v) is 7.79. The predicted octanol–water partition coefficient (Wildman–Crippen LogP) is 3.09. The molecule has 0 aliphatic carbocycles. The van der Waals surface area contributed by atoms with Gasteiger partial charge in [-0.1, -0.05) is 0 Å². The molecule has 0 bridgehead atoms. The molecule has 0 fully saturated rings. The van der Waals surface area contributed by atoms with Crippen LogP contribution in [0.1, 0.15) is 32.7 Å². The SMILES string of the molecule is Cc1cc(C)c(CNC(=O)c2cc(-c3cncnc3)cc(-c3ccnn3C)c2C)c(=O)[nH]1. The lowest BCUT2D eigenvalue weighted by Crippen LogP contribution is -2.28. The van der Waals surface area contributed by atoms with Crippen LogP contribution in [-0.2, 0) is 13.6 Å². The molecule has 162 valence electrons. The van der Waals surface area contributed by atoms with Crippen molar-refractivity contribution in [2.24, 2.45) is 7.05 Å². The molecule has 8 heteroatoms. The highest BCUT2D eigenvalue weighted by atomic mass is 16.1. The average Bonchev–Trinajstić information content (AvgIpc) is 3.19. The molecule has 4 rings (SSSR count). The highest BCUT2D eigenvalue weighted by Gasteiger charge is 2.18. The third kappa shape index (κ3) is 4.07. The molecule has 0 aliphatic heterocycles. The Morgan fingerprint density at radius 2 is 1.84 bits per heavy atom. The van der Waals surface area contributed by atoms with Crippen molar-refractivity contribution >= 4 is 5.91 Å². The van der Waals surface area contributed by atoms with E-state index in [0.717, 1.165) is 39.2 Å². The molecule has 2 N–H and O–H groups in total. The van der Waals surface area contributed by atoms with Gasteiger partial charge in [-0.15, -0.1) is 0 Å². The lowest BCUT2D eigenvalue weighted by atomic mass is 9.94. The van der Waals surface area contributed by atoms with Crippen molar-refractivity contribution in [2.45, 2.75) is 27.3 Å². The zero-order valence-electron chi connectivity index (χ0n) is 18.4. The van der Waals surface area contributed by atoms with E-state index < -0.39 is 0 Å². The number of aromatic amines is 1. The fourth-order valence-electron chi connectivity index (χ4n) is 3.83. The van der Waals surface area contributed by atoms with E-state index in [1.807, 2.05) is 52.1 Å². The van der Waals surface area contributed by atoms with Crippen LogP contribution in [0.2, 0.25) is 0 Å². The second kappa shape index (κ2) is 8.58. The van der Waals surface area contributed by atoms with Gasteiger partial charge in [0.05, 0.1) is 5.69 Å². The monoisotopic (exact) mass is 428 g/mol. The van der Waals surface area contributed by atoms with Crippen LogP contribution in [-0.4, -0.2) is 30.6 Å². The molecule has 0 radical (unpaired) electrons. The molecule has 0 atom stereocenters. The summed E-state index contributed by atoms with van der Waals surface area (Å²) in [6.45, 7) is 5.75. The minimum absolute atomic E-state index is 0.138. The molecule has 8 nitrogen and oxygen atoms in total. The normalized spacial score (nSPS) is 10.9. The van der Waals surface area contributed by atoms with E-state index in [1.165, 1.54) is 6.33 Å². The van der Waals surface area contributed by atoms with Gasteiger partial charge < -0.3 is 10.3 Å². The van der Waals surface area contributed by atoms with Gasteiger partial charge in [-0.05, 0) is 61.7 Å². The Kier molecular flexibility index (Phi) is 5.68. The number of aromatic nitrogens is 5. The van der Waals surface area contributed by atoms with E-state index in [4.69, 9.17) is 0 Å². The van der Waals surface area contributed by atoms with Gasteiger partial charge in [0, 0.05) is 60.1 Å². The Morgan fingerprint density at radius 1 is 1.09 bits per heavy atom. The van der Waals surface area contributed by atoms with E-state index in [9.17, 15) is 9.59 Å². The van der Waals surface area contributed by atoms with Crippen molar-refractivity contribution in [1.82, 2.24) is 30.0 Å². The van der Waals surface area contributed by atoms with Crippen LogP contribution in [0.15, 0.2) is 54.0 Å². The number of carbonyl (C=O) groups is 1. The van der Waals surface area contributed by atoms with Crippen LogP contribution in [0, 0.1) is 20.8 Å². The van der Waals surface area contributed by atoms with Crippen LogP contribution < -0.4 is 10.9 Å². The molecule has 0 unspecified atom stereocenters. The van der Waals surface area contributed by atoms with Crippen LogP contribution in [0.5, 0.6) is 0 Å². The number of H-pyrrole nitrogens is 1. The van der Waals surface area contributed by atoms with Crippen molar-refractivity contribution in [1.29, 1.82) is 0 Å². The Hall–Kier alpha value is -4.07. The van der Waals surface area contributed by atoms with Gasteiger partial charge in [0.15, 0.2) is 0 Å². The van der Waals surface area contributed by atoms with Crippen molar-refractivity contribution in [3.05, 3.63) is 87.5 Å². The third-order valence-electron chi connectivity index (χ3n) is 5.56. The minimum Gasteiger partial charge on any atom is -0.348 e. The summed E-state index contributed by atoms with van der Waals surface area (Å²) < 4.78 is 1.77. The number of carbonyl (C=O) groups excluding carboxylic acids is 1. The minimum atomic E-state index is -0.260. The summed E-state index contributed by atoms with van der Waals surface area (Å²) in [4.78, 5) is 36.6. The Morgan fingerprint density at radius 3 is 2.50 bits per heavy atom. The molecule has 1 aromatic carbocycles. The molecule has 3 aromatic heterocycles. The molecule has 1 amide bonds. The second-order valence-electron chi connectivity index (χ2n) is 7.79. The maximum Gasteiger partial charge on any atom is 0.253 e. The molecule has 3 heterocycles. The van der Waals surface area contributed by atoms with E-state index in [2.05, 4.69) is 25.4 Å². The van der Waals surface area contributed by atoms with E-state index in [0.29, 0.717) is 11.1 Å². The van der Waals surface area contributed by atoms with Gasteiger partial charge in [0.25, 0.3) is 11.5 Å². The Balaban J connectivity index is 1.75. The number of rotatable bonds is 5. The van der Waals surface area contributed by atoms with Crippen molar-refractivity contribution in [3.8, 4) is 22.4 Å². The van der Waals surface area contributed by atoms with Crippen LogP contribution >= 0.6 is 0 Å². The molecular formula is C24H24N6O2. The van der Waals surface area contributed by atoms with Gasteiger partial charge in [-0.2, -0.15) is 5.10 Å². The molecule has 32 heavy (non-hydrogen) atoms. The molecule has 0 aliphatic rings. The number of pyridine rings is 1. The summed E-state index contributed by atoms with van der Waals surface area (Å²) >= 11 is 0. The molecular weight excluding hydrogens is 404 g/mol. The first kappa shape index (κ1) is 21.2. The average molecular weight is 428 g/mol. The third-order valence-corrected chi connectivity index (χ3v) is 5.56. The predicted molar refractivity (Wildman–Crippen MR) is 122 cm³/mol. The first-order chi connectivity index (χ1) is 15.3. The number of amides is 1. The molecule has 0 spiro atoms. The van der Waals surface area contributed by atoms with Crippen LogP contribution in [0.4, 0.5) is 0 Å². The molecule has 0 saturated heterocycles. The van der Waals surface area contributed by atoms with Crippen molar-refractivity contribution in [2.75, 3.05) is 0 Å². The Bertz CT molecular complexity index is 1350. The van der Waals surface area contributed by atoms with Gasteiger partial charge in [0.2, 0.25) is 0 Å². The number of hydrogen-bond donors (Lipinski definition) is 2. The van der Waals surface area contributed by atoms with E-state index in [-0.39, 0.29) is 18.0 Å². The summed E-state index contributed by atoms with van der Waals surface area (Å²) in [5.74, 6) is -0.260. The zero-order chi connectivity index (χ0) is 22.8. The highest BCUT2D eigenvalue weighted by Crippen LogP contribution is 2.31. The van der Waals surface area contributed by atoms with Crippen molar-refractivity contribution in [3.63, 3.8) is 0 Å². The molecule has 0 saturated carbocycles. The lowest BCUT2D eigenvalue weighted by Gasteiger charge is -2.15. The quantitative estimate of drug-likeness (QED) is 0.508. The van der Waals surface area contributed by atoms with Gasteiger partial charge in [0.1, 0.15) is 6.33 Å². The summed E-state index contributed by atoms with van der Waals surface area (Å²) in [5, 5.41) is 7.18. The number of nitrogens with one attached hydrogen (secondary N) is 2. The summed E-state index contributed by atoms with van der Waals surface area (Å²) in [7, 11) is 1.86. The maximum atomic E-state index is 13.2. The summed E-state index contributed by atoms with van der Waals surface area (Å²) in [6, 6.07) is 7.64. The number of benzene rings is 1. The van der Waals surface area contributed by atoms with E-state index >= 15 is 0 Å². The van der Waals surface area contributed by atoms with Gasteiger partial charge >= 0.3 is 0 Å². The van der Waals surface area contributed by atoms with Crippen molar-refractivity contribution < 1.29 is 4.79 Å². The summed E-state index contributed by atoms with van der Waals surface area (Å²) in [5.41, 5.74) is 6.72. The fourth-order valence-corrected chi connectivity index (χ4v) is 3.83. The highest BCUT2D eigenvalue weighted by molar-refractivity contribution is 5.99. The lowest BCUT2D eigenvalue weighted by molar-refractivity contribution is 0.0950. The van der Waals surface area contributed by atoms with Gasteiger partial charge in [-0.3, -0.25) is 14.3 Å². The smallest absolute Gasteiger partial charge is 0.253 e. The maximum absolute atomic E-state index is 13.2. The topological polar surface area (TPSA) is 106 Å². The summed E-state index contributed by atoms with van der Waals surface area (Å²) in [6.07, 6.45) is 6.61. The molecule has 4 aromatic rings. The zero-order valence-corrected chi connectivity index (χ0v) is 18.4. The number of aryl methyl sites for hydroxylation is 3. The van der Waals surface area contributed by atoms with Crippen LogP contribution in [0.25, 0.3) is 22.4 Å². The van der Waals surface area contributed by atoms with E-state index in [1.54, 1.807) is 23.3 Å². The fraction of sp³-hybridized carbons (Fsp3) is 0.208. The standard InChI is InChI=1S/C24H24N6O2/c1-14-7-15(2)29-24(32)21(14)12-27-23(31)20-9-17(18-10-25-13-26-11-18)8-19(16(20)3)22-5-6-28-30(22)4/h5-11,13H,12H2,1-4H3,(H,27,31)(H,29,32). The van der Waals surface area contributed by atoms with Gasteiger partial charge in [-0.25, -0.2) is 9.97 Å². The largest absolute Gasteiger partial charge is 0.348 e. The Labute approximate surface area is 185 Å². The first-order valence-electron chi connectivity index (χ1n) is 10.2. The van der Waals surface area contributed by atoms with Crippen LogP contribution in [0.3, 0.4) is 0 Å².